The van der Waals surface area contributed by atoms with Gasteiger partial charge < -0.3 is 9.47 Å². The number of fused-ring (bicyclic) bond motifs is 1. The summed E-state index contributed by atoms with van der Waals surface area (Å²) in [5, 5.41) is 9.55. The SMILES string of the molecule is N#Cc1ccc(CSc2nccc(-c3ccc4c(c3)OCO4)n2)cc1. The molecule has 25 heavy (non-hydrogen) atoms. The maximum Gasteiger partial charge on any atom is 0.231 e. The molecule has 5 nitrogen and oxygen atoms in total. The first-order valence-corrected chi connectivity index (χ1v) is 8.65. The van der Waals surface area contributed by atoms with Crippen LogP contribution in [0.4, 0.5) is 0 Å². The molecule has 0 atom stereocenters. The number of hydrogen-bond acceptors (Lipinski definition) is 6. The van der Waals surface area contributed by atoms with E-state index in [0.29, 0.717) is 10.7 Å². The molecule has 0 saturated heterocycles. The lowest BCUT2D eigenvalue weighted by atomic mass is 10.1. The Kier molecular flexibility index (Phi) is 4.23. The summed E-state index contributed by atoms with van der Waals surface area (Å²) in [6, 6.07) is 17.3. The van der Waals surface area contributed by atoms with Gasteiger partial charge in [0.1, 0.15) is 0 Å². The van der Waals surface area contributed by atoms with E-state index in [1.807, 2.05) is 48.5 Å². The van der Waals surface area contributed by atoms with Crippen molar-refractivity contribution in [3.63, 3.8) is 0 Å². The Morgan fingerprint density at radius 3 is 2.72 bits per heavy atom. The van der Waals surface area contributed by atoms with Crippen LogP contribution >= 0.6 is 11.8 Å². The third-order valence-corrected chi connectivity index (χ3v) is 4.69. The lowest BCUT2D eigenvalue weighted by Gasteiger charge is -2.05. The van der Waals surface area contributed by atoms with Crippen LogP contribution in [0, 0.1) is 11.3 Å². The quantitative estimate of drug-likeness (QED) is 0.524. The van der Waals surface area contributed by atoms with Crippen LogP contribution in [0.15, 0.2) is 59.9 Å². The summed E-state index contributed by atoms with van der Waals surface area (Å²) < 4.78 is 10.8. The standard InChI is InChI=1S/C19H13N3O2S/c20-10-13-1-3-14(4-2-13)11-25-19-21-8-7-16(22-19)15-5-6-17-18(9-15)24-12-23-17/h1-9H,11-12H2. The van der Waals surface area contributed by atoms with Crippen LogP contribution in [-0.4, -0.2) is 16.8 Å². The molecular formula is C19H13N3O2S. The van der Waals surface area contributed by atoms with Crippen molar-refractivity contribution in [1.82, 2.24) is 9.97 Å². The molecule has 0 unspecified atom stereocenters. The van der Waals surface area contributed by atoms with Crippen LogP contribution in [-0.2, 0) is 5.75 Å². The number of hydrogen-bond donors (Lipinski definition) is 0. The number of benzene rings is 2. The Balaban J connectivity index is 1.50. The smallest absolute Gasteiger partial charge is 0.231 e. The lowest BCUT2D eigenvalue weighted by molar-refractivity contribution is 0.174. The van der Waals surface area contributed by atoms with Gasteiger partial charge in [-0.2, -0.15) is 5.26 Å². The molecule has 3 aromatic rings. The number of ether oxygens (including phenoxy) is 2. The first kappa shape index (κ1) is 15.5. The predicted molar refractivity (Wildman–Crippen MR) is 94.3 cm³/mol. The molecule has 0 spiro atoms. The predicted octanol–water partition coefficient (Wildman–Crippen LogP) is 4.04. The normalized spacial score (nSPS) is 12.0. The summed E-state index contributed by atoms with van der Waals surface area (Å²) in [6.45, 7) is 0.258. The molecule has 0 N–H and O–H groups in total. The van der Waals surface area contributed by atoms with Gasteiger partial charge in [0.25, 0.3) is 0 Å². The summed E-state index contributed by atoms with van der Waals surface area (Å²) in [5.74, 6) is 2.24. The van der Waals surface area contributed by atoms with E-state index < -0.39 is 0 Å². The number of nitriles is 1. The van der Waals surface area contributed by atoms with Gasteiger partial charge in [-0.25, -0.2) is 9.97 Å². The second kappa shape index (κ2) is 6.83. The second-order valence-electron chi connectivity index (χ2n) is 5.39. The average Bonchev–Trinajstić information content (AvgIpc) is 3.15. The van der Waals surface area contributed by atoms with Gasteiger partial charge in [0.2, 0.25) is 6.79 Å². The molecule has 1 aliphatic heterocycles. The highest BCUT2D eigenvalue weighted by Gasteiger charge is 2.14. The molecule has 0 radical (unpaired) electrons. The average molecular weight is 347 g/mol. The van der Waals surface area contributed by atoms with E-state index in [4.69, 9.17) is 14.7 Å². The van der Waals surface area contributed by atoms with Crippen LogP contribution in [0.1, 0.15) is 11.1 Å². The van der Waals surface area contributed by atoms with E-state index in [9.17, 15) is 0 Å². The first-order chi connectivity index (χ1) is 12.3. The minimum Gasteiger partial charge on any atom is -0.454 e. The molecule has 0 fully saturated rings. The summed E-state index contributed by atoms with van der Waals surface area (Å²) in [4.78, 5) is 8.95. The van der Waals surface area contributed by atoms with Crippen molar-refractivity contribution in [3.05, 3.63) is 65.9 Å². The number of nitrogens with zero attached hydrogens (tertiary/aromatic N) is 3. The summed E-state index contributed by atoms with van der Waals surface area (Å²) in [6.07, 6.45) is 1.76. The molecule has 2 heterocycles. The first-order valence-electron chi connectivity index (χ1n) is 7.67. The molecule has 0 amide bonds. The fourth-order valence-corrected chi connectivity index (χ4v) is 3.24. The molecule has 6 heteroatoms. The number of rotatable bonds is 4. The van der Waals surface area contributed by atoms with E-state index in [0.717, 1.165) is 34.1 Å². The molecule has 1 aromatic heterocycles. The minimum absolute atomic E-state index is 0.258. The van der Waals surface area contributed by atoms with E-state index in [2.05, 4.69) is 16.0 Å². The summed E-state index contributed by atoms with van der Waals surface area (Å²) >= 11 is 1.56. The van der Waals surface area contributed by atoms with Gasteiger partial charge in [-0.3, -0.25) is 0 Å². The van der Waals surface area contributed by atoms with Gasteiger partial charge in [0.05, 0.1) is 17.3 Å². The van der Waals surface area contributed by atoms with Crippen LogP contribution in [0.2, 0.25) is 0 Å². The molecule has 0 saturated carbocycles. The summed E-state index contributed by atoms with van der Waals surface area (Å²) in [5.41, 5.74) is 3.60. The zero-order valence-corrected chi connectivity index (χ0v) is 14.0. The largest absolute Gasteiger partial charge is 0.454 e. The van der Waals surface area contributed by atoms with Crippen molar-refractivity contribution >= 4 is 11.8 Å². The zero-order chi connectivity index (χ0) is 17.1. The summed E-state index contributed by atoms with van der Waals surface area (Å²) in [7, 11) is 0. The Labute approximate surface area is 149 Å². The third kappa shape index (κ3) is 3.42. The fourth-order valence-electron chi connectivity index (χ4n) is 2.45. The highest BCUT2D eigenvalue weighted by Crippen LogP contribution is 2.35. The van der Waals surface area contributed by atoms with Crippen LogP contribution < -0.4 is 9.47 Å². The Bertz CT molecular complexity index is 952. The molecule has 2 aromatic carbocycles. The van der Waals surface area contributed by atoms with Gasteiger partial charge in [0, 0.05) is 17.5 Å². The number of thioether (sulfide) groups is 1. The van der Waals surface area contributed by atoms with Crippen molar-refractivity contribution < 1.29 is 9.47 Å². The van der Waals surface area contributed by atoms with Crippen molar-refractivity contribution in [2.75, 3.05) is 6.79 Å². The minimum atomic E-state index is 0.258. The Morgan fingerprint density at radius 1 is 1.04 bits per heavy atom. The highest BCUT2D eigenvalue weighted by atomic mass is 32.2. The molecule has 0 bridgehead atoms. The topological polar surface area (TPSA) is 68.0 Å². The lowest BCUT2D eigenvalue weighted by Crippen LogP contribution is -1.93. The zero-order valence-electron chi connectivity index (χ0n) is 13.2. The van der Waals surface area contributed by atoms with Gasteiger partial charge >= 0.3 is 0 Å². The van der Waals surface area contributed by atoms with Crippen LogP contribution in [0.5, 0.6) is 11.5 Å². The van der Waals surface area contributed by atoms with E-state index >= 15 is 0 Å². The Morgan fingerprint density at radius 2 is 1.88 bits per heavy atom. The molecule has 1 aliphatic rings. The van der Waals surface area contributed by atoms with Crippen molar-refractivity contribution in [2.45, 2.75) is 10.9 Å². The van der Waals surface area contributed by atoms with Crippen molar-refractivity contribution in [2.24, 2.45) is 0 Å². The Hall–Kier alpha value is -3.04. The maximum absolute atomic E-state index is 8.84. The second-order valence-corrected chi connectivity index (χ2v) is 6.33. The maximum atomic E-state index is 8.84. The van der Waals surface area contributed by atoms with Crippen molar-refractivity contribution in [3.8, 4) is 28.8 Å². The molecule has 4 rings (SSSR count). The monoisotopic (exact) mass is 347 g/mol. The van der Waals surface area contributed by atoms with E-state index in [1.165, 1.54) is 0 Å². The van der Waals surface area contributed by atoms with E-state index in [-0.39, 0.29) is 6.79 Å². The highest BCUT2D eigenvalue weighted by molar-refractivity contribution is 7.98. The van der Waals surface area contributed by atoms with Crippen LogP contribution in [0.25, 0.3) is 11.3 Å². The van der Waals surface area contributed by atoms with Crippen LogP contribution in [0.3, 0.4) is 0 Å². The molecular weight excluding hydrogens is 334 g/mol. The van der Waals surface area contributed by atoms with Gasteiger partial charge in [-0.05, 0) is 42.0 Å². The van der Waals surface area contributed by atoms with Gasteiger partial charge in [0.15, 0.2) is 16.7 Å². The van der Waals surface area contributed by atoms with Crippen molar-refractivity contribution in [1.29, 1.82) is 5.26 Å². The van der Waals surface area contributed by atoms with E-state index in [1.54, 1.807) is 18.0 Å². The van der Waals surface area contributed by atoms with Gasteiger partial charge in [-0.15, -0.1) is 0 Å². The molecule has 0 aliphatic carbocycles. The third-order valence-electron chi connectivity index (χ3n) is 3.75. The number of aromatic nitrogens is 2. The van der Waals surface area contributed by atoms with Gasteiger partial charge in [-0.1, -0.05) is 23.9 Å². The fraction of sp³-hybridized carbons (Fsp3) is 0.105. The molecule has 122 valence electrons.